The number of rotatable bonds is 7. The van der Waals surface area contributed by atoms with Crippen molar-refractivity contribution in [2.45, 2.75) is 37.2 Å². The first-order chi connectivity index (χ1) is 13.1. The standard InChI is InChI=1S/C18H19ClN6OS/c1-3-10-25-16(13-6-8-20-9-7-13)23-24-18(25)27-12(2)17(26)22-15-5-4-14(19)11-21-15/h4-9,11-12H,3,10H2,1-2H3,(H,21,22,26)/t12-/m0/s1. The second-order valence-electron chi connectivity index (χ2n) is 5.80. The van der Waals surface area contributed by atoms with Gasteiger partial charge in [-0.1, -0.05) is 30.3 Å². The van der Waals surface area contributed by atoms with Crippen LogP contribution in [0.25, 0.3) is 11.4 Å². The Morgan fingerprint density at radius 3 is 2.70 bits per heavy atom. The number of carbonyl (C=O) groups is 1. The topological polar surface area (TPSA) is 85.6 Å². The number of halogens is 1. The van der Waals surface area contributed by atoms with E-state index in [0.29, 0.717) is 16.0 Å². The summed E-state index contributed by atoms with van der Waals surface area (Å²) >= 11 is 7.18. The molecule has 0 radical (unpaired) electrons. The average Bonchev–Trinajstić information content (AvgIpc) is 3.07. The molecule has 3 aromatic rings. The lowest BCUT2D eigenvalue weighted by Crippen LogP contribution is -2.23. The highest BCUT2D eigenvalue weighted by Crippen LogP contribution is 2.27. The van der Waals surface area contributed by atoms with Crippen LogP contribution in [0.4, 0.5) is 5.82 Å². The highest BCUT2D eigenvalue weighted by atomic mass is 35.5. The van der Waals surface area contributed by atoms with Crippen LogP contribution in [-0.4, -0.2) is 35.9 Å². The van der Waals surface area contributed by atoms with Gasteiger partial charge in [0.1, 0.15) is 5.82 Å². The fraction of sp³-hybridized carbons (Fsp3) is 0.278. The summed E-state index contributed by atoms with van der Waals surface area (Å²) in [5.74, 6) is 1.07. The van der Waals surface area contributed by atoms with Crippen LogP contribution >= 0.6 is 23.4 Å². The van der Waals surface area contributed by atoms with Crippen LogP contribution in [0.15, 0.2) is 48.0 Å². The SMILES string of the molecule is CCCn1c(S[C@@H](C)C(=O)Nc2ccc(Cl)cn2)nnc1-c1ccncc1. The summed E-state index contributed by atoms with van der Waals surface area (Å²) in [7, 11) is 0. The molecule has 0 saturated carbocycles. The Hall–Kier alpha value is -2.45. The lowest BCUT2D eigenvalue weighted by Gasteiger charge is -2.13. The third-order valence-corrected chi connectivity index (χ3v) is 5.04. The Kier molecular flexibility index (Phi) is 6.41. The summed E-state index contributed by atoms with van der Waals surface area (Å²) in [5, 5.41) is 12.3. The third kappa shape index (κ3) is 4.84. The van der Waals surface area contributed by atoms with Gasteiger partial charge in [0.2, 0.25) is 5.91 Å². The molecule has 3 aromatic heterocycles. The molecule has 7 nitrogen and oxygen atoms in total. The van der Waals surface area contributed by atoms with E-state index in [2.05, 4.69) is 32.4 Å². The maximum absolute atomic E-state index is 12.5. The molecular formula is C18H19ClN6OS. The highest BCUT2D eigenvalue weighted by Gasteiger charge is 2.21. The van der Waals surface area contributed by atoms with Crippen LogP contribution in [0, 0.1) is 0 Å². The smallest absolute Gasteiger partial charge is 0.238 e. The zero-order valence-corrected chi connectivity index (χ0v) is 16.5. The molecule has 27 heavy (non-hydrogen) atoms. The van der Waals surface area contributed by atoms with Crippen LogP contribution in [0.3, 0.4) is 0 Å². The molecule has 9 heteroatoms. The first-order valence-electron chi connectivity index (χ1n) is 8.51. The number of anilines is 1. The number of hydrogen-bond acceptors (Lipinski definition) is 6. The minimum Gasteiger partial charge on any atom is -0.310 e. The van der Waals surface area contributed by atoms with Crippen LogP contribution in [-0.2, 0) is 11.3 Å². The first kappa shape index (κ1) is 19.3. The number of carbonyl (C=O) groups excluding carboxylic acids is 1. The number of hydrogen-bond donors (Lipinski definition) is 1. The van der Waals surface area contributed by atoms with Crippen LogP contribution in [0.1, 0.15) is 20.3 Å². The summed E-state index contributed by atoms with van der Waals surface area (Å²) in [6.07, 6.45) is 5.87. The molecule has 0 unspecified atom stereocenters. The number of aromatic nitrogens is 5. The summed E-state index contributed by atoms with van der Waals surface area (Å²) in [4.78, 5) is 20.6. The largest absolute Gasteiger partial charge is 0.310 e. The van der Waals surface area contributed by atoms with Gasteiger partial charge in [0.05, 0.1) is 10.3 Å². The number of nitrogens with zero attached hydrogens (tertiary/aromatic N) is 5. The second kappa shape index (κ2) is 8.96. The van der Waals surface area contributed by atoms with Crippen molar-refractivity contribution in [1.29, 1.82) is 0 Å². The lowest BCUT2D eigenvalue weighted by atomic mass is 10.2. The molecule has 0 aromatic carbocycles. The van der Waals surface area contributed by atoms with Crippen molar-refractivity contribution in [3.63, 3.8) is 0 Å². The van der Waals surface area contributed by atoms with Gasteiger partial charge >= 0.3 is 0 Å². The fourth-order valence-electron chi connectivity index (χ4n) is 2.40. The molecule has 1 amide bonds. The lowest BCUT2D eigenvalue weighted by molar-refractivity contribution is -0.115. The summed E-state index contributed by atoms with van der Waals surface area (Å²) < 4.78 is 2.03. The van der Waals surface area contributed by atoms with Gasteiger partial charge in [-0.25, -0.2) is 4.98 Å². The van der Waals surface area contributed by atoms with Crippen LogP contribution in [0.2, 0.25) is 5.02 Å². The van der Waals surface area contributed by atoms with Crippen molar-refractivity contribution < 1.29 is 4.79 Å². The molecule has 0 aliphatic rings. The van der Waals surface area contributed by atoms with Crippen molar-refractivity contribution in [2.24, 2.45) is 0 Å². The monoisotopic (exact) mass is 402 g/mol. The van der Waals surface area contributed by atoms with E-state index >= 15 is 0 Å². The number of thioether (sulfide) groups is 1. The number of amides is 1. The zero-order chi connectivity index (χ0) is 19.2. The molecule has 0 saturated heterocycles. The van der Waals surface area contributed by atoms with E-state index in [0.717, 1.165) is 24.4 Å². The maximum atomic E-state index is 12.5. The molecule has 3 rings (SSSR count). The normalized spacial score (nSPS) is 12.0. The summed E-state index contributed by atoms with van der Waals surface area (Å²) in [6.45, 7) is 4.68. The van der Waals surface area contributed by atoms with E-state index in [1.165, 1.54) is 18.0 Å². The van der Waals surface area contributed by atoms with Crippen LogP contribution < -0.4 is 5.32 Å². The number of pyridine rings is 2. The summed E-state index contributed by atoms with van der Waals surface area (Å²) in [6, 6.07) is 7.14. The molecular weight excluding hydrogens is 384 g/mol. The Labute approximate surface area is 166 Å². The van der Waals surface area contributed by atoms with Crippen molar-refractivity contribution in [3.05, 3.63) is 47.9 Å². The van der Waals surface area contributed by atoms with Gasteiger partial charge in [0, 0.05) is 30.7 Å². The van der Waals surface area contributed by atoms with E-state index in [-0.39, 0.29) is 11.2 Å². The van der Waals surface area contributed by atoms with E-state index < -0.39 is 0 Å². The Morgan fingerprint density at radius 1 is 1.26 bits per heavy atom. The fourth-order valence-corrected chi connectivity index (χ4v) is 3.39. The maximum Gasteiger partial charge on any atom is 0.238 e. The average molecular weight is 403 g/mol. The van der Waals surface area contributed by atoms with E-state index in [4.69, 9.17) is 11.6 Å². The van der Waals surface area contributed by atoms with Crippen LogP contribution in [0.5, 0.6) is 0 Å². The van der Waals surface area contributed by atoms with Gasteiger partial charge in [0.25, 0.3) is 0 Å². The molecule has 1 atom stereocenters. The van der Waals surface area contributed by atoms with Gasteiger partial charge in [-0.2, -0.15) is 0 Å². The molecule has 0 aliphatic carbocycles. The Morgan fingerprint density at radius 2 is 2.04 bits per heavy atom. The summed E-state index contributed by atoms with van der Waals surface area (Å²) in [5.41, 5.74) is 0.945. The molecule has 0 bridgehead atoms. The van der Waals surface area contributed by atoms with Gasteiger partial charge in [-0.05, 0) is 37.6 Å². The predicted molar refractivity (Wildman–Crippen MR) is 107 cm³/mol. The van der Waals surface area contributed by atoms with Gasteiger partial charge in [-0.3, -0.25) is 9.78 Å². The highest BCUT2D eigenvalue weighted by molar-refractivity contribution is 8.00. The van der Waals surface area contributed by atoms with E-state index in [9.17, 15) is 4.79 Å². The predicted octanol–water partition coefficient (Wildman–Crippen LogP) is 3.92. The minimum atomic E-state index is -0.368. The zero-order valence-electron chi connectivity index (χ0n) is 15.0. The molecule has 0 fully saturated rings. The van der Waals surface area contributed by atoms with E-state index in [1.807, 2.05) is 23.6 Å². The number of nitrogens with one attached hydrogen (secondary N) is 1. The van der Waals surface area contributed by atoms with Crippen molar-refractivity contribution in [2.75, 3.05) is 5.32 Å². The second-order valence-corrected chi connectivity index (χ2v) is 7.55. The first-order valence-corrected chi connectivity index (χ1v) is 9.77. The van der Waals surface area contributed by atoms with Gasteiger partial charge in [-0.15, -0.1) is 10.2 Å². The molecule has 0 aliphatic heterocycles. The minimum absolute atomic E-state index is 0.161. The van der Waals surface area contributed by atoms with Crippen molar-refractivity contribution in [1.82, 2.24) is 24.7 Å². The quantitative estimate of drug-likeness (QED) is 0.603. The van der Waals surface area contributed by atoms with E-state index in [1.54, 1.807) is 24.5 Å². The molecule has 1 N–H and O–H groups in total. The van der Waals surface area contributed by atoms with Crippen molar-refractivity contribution in [3.8, 4) is 11.4 Å². The van der Waals surface area contributed by atoms with Gasteiger partial charge in [0.15, 0.2) is 11.0 Å². The van der Waals surface area contributed by atoms with Gasteiger partial charge < -0.3 is 9.88 Å². The third-order valence-electron chi connectivity index (χ3n) is 3.73. The molecule has 0 spiro atoms. The molecule has 140 valence electrons. The van der Waals surface area contributed by atoms with Crippen molar-refractivity contribution >= 4 is 35.1 Å². The molecule has 3 heterocycles. The Bertz CT molecular complexity index is 900. The Balaban J connectivity index is 1.75.